The van der Waals surface area contributed by atoms with E-state index in [0.717, 1.165) is 17.3 Å². The van der Waals surface area contributed by atoms with E-state index in [-0.39, 0.29) is 11.5 Å². The number of anilines is 4. The fourth-order valence-electron chi connectivity index (χ4n) is 2.52. The lowest BCUT2D eigenvalue weighted by Crippen LogP contribution is -2.09. The molecule has 0 fully saturated rings. The van der Waals surface area contributed by atoms with Crippen LogP contribution in [0.1, 0.15) is 17.0 Å². The van der Waals surface area contributed by atoms with E-state index < -0.39 is 11.7 Å². The highest BCUT2D eigenvalue weighted by Crippen LogP contribution is 2.35. The van der Waals surface area contributed by atoms with Crippen molar-refractivity contribution in [2.24, 2.45) is 0 Å². The van der Waals surface area contributed by atoms with Crippen molar-refractivity contribution >= 4 is 23.0 Å². The van der Waals surface area contributed by atoms with Crippen molar-refractivity contribution in [2.45, 2.75) is 20.0 Å². The zero-order chi connectivity index (χ0) is 18.7. The number of halogens is 3. The molecule has 0 saturated carbocycles. The fourth-order valence-corrected chi connectivity index (χ4v) is 2.52. The molecule has 4 nitrogen and oxygen atoms in total. The summed E-state index contributed by atoms with van der Waals surface area (Å²) in [7, 11) is 0. The maximum Gasteiger partial charge on any atom is 0.418 e. The van der Waals surface area contributed by atoms with Crippen LogP contribution in [0.3, 0.4) is 0 Å². The number of nitrogens with one attached hydrogen (secondary N) is 2. The summed E-state index contributed by atoms with van der Waals surface area (Å²) in [5.41, 5.74) is 1.09. The van der Waals surface area contributed by atoms with Gasteiger partial charge < -0.3 is 10.6 Å². The Bertz CT molecular complexity index is 923. The maximum atomic E-state index is 13.2. The van der Waals surface area contributed by atoms with E-state index in [1.165, 1.54) is 18.2 Å². The van der Waals surface area contributed by atoms with Crippen molar-refractivity contribution in [1.29, 1.82) is 0 Å². The van der Waals surface area contributed by atoms with Crippen molar-refractivity contribution in [3.05, 3.63) is 71.5 Å². The average molecular weight is 358 g/mol. The zero-order valence-corrected chi connectivity index (χ0v) is 14.2. The minimum Gasteiger partial charge on any atom is -0.340 e. The summed E-state index contributed by atoms with van der Waals surface area (Å²) in [5.74, 6) is 1.22. The molecular formula is C19H17F3N4. The van der Waals surface area contributed by atoms with Crippen LogP contribution in [0.15, 0.2) is 54.6 Å². The van der Waals surface area contributed by atoms with E-state index in [0.29, 0.717) is 11.6 Å². The Balaban J connectivity index is 1.91. The third-order valence-electron chi connectivity index (χ3n) is 3.74. The molecule has 0 amide bonds. The van der Waals surface area contributed by atoms with Gasteiger partial charge >= 0.3 is 6.18 Å². The van der Waals surface area contributed by atoms with Crippen LogP contribution in [0.5, 0.6) is 0 Å². The predicted molar refractivity (Wildman–Crippen MR) is 96.0 cm³/mol. The molecule has 0 unspecified atom stereocenters. The van der Waals surface area contributed by atoms with Crippen molar-refractivity contribution < 1.29 is 13.2 Å². The van der Waals surface area contributed by atoms with Crippen molar-refractivity contribution in [3.63, 3.8) is 0 Å². The van der Waals surface area contributed by atoms with Gasteiger partial charge in [-0.15, -0.1) is 0 Å². The zero-order valence-electron chi connectivity index (χ0n) is 14.2. The second kappa shape index (κ2) is 7.03. The molecule has 1 heterocycles. The number of alkyl halides is 3. The van der Waals surface area contributed by atoms with Gasteiger partial charge in [0.1, 0.15) is 17.5 Å². The minimum atomic E-state index is -4.45. The molecule has 0 aliphatic carbocycles. The highest BCUT2D eigenvalue weighted by molar-refractivity contribution is 5.66. The summed E-state index contributed by atoms with van der Waals surface area (Å²) in [5, 5.41) is 5.92. The van der Waals surface area contributed by atoms with E-state index in [1.807, 2.05) is 31.2 Å². The number of benzene rings is 2. The summed E-state index contributed by atoms with van der Waals surface area (Å²) >= 11 is 0. The molecule has 2 N–H and O–H groups in total. The van der Waals surface area contributed by atoms with E-state index in [2.05, 4.69) is 20.6 Å². The number of para-hydroxylation sites is 2. The summed E-state index contributed by atoms with van der Waals surface area (Å²) < 4.78 is 39.5. The maximum absolute atomic E-state index is 13.2. The number of hydrogen-bond acceptors (Lipinski definition) is 4. The van der Waals surface area contributed by atoms with Gasteiger partial charge in [-0.1, -0.05) is 30.3 Å². The number of rotatable bonds is 4. The Kier molecular flexibility index (Phi) is 4.79. The monoisotopic (exact) mass is 358 g/mol. The molecule has 3 aromatic rings. The highest BCUT2D eigenvalue weighted by atomic mass is 19.4. The van der Waals surface area contributed by atoms with Crippen molar-refractivity contribution in [1.82, 2.24) is 9.97 Å². The fraction of sp³-hybridized carbons (Fsp3) is 0.158. The molecule has 0 spiro atoms. The van der Waals surface area contributed by atoms with Crippen LogP contribution in [0.2, 0.25) is 0 Å². The summed E-state index contributed by atoms with van der Waals surface area (Å²) in [6, 6.07) is 14.5. The largest absolute Gasteiger partial charge is 0.418 e. The molecule has 26 heavy (non-hydrogen) atoms. The smallest absolute Gasteiger partial charge is 0.340 e. The highest BCUT2D eigenvalue weighted by Gasteiger charge is 2.33. The van der Waals surface area contributed by atoms with Gasteiger partial charge in [-0.3, -0.25) is 0 Å². The third kappa shape index (κ3) is 4.11. The molecule has 0 atom stereocenters. The van der Waals surface area contributed by atoms with Crippen LogP contribution < -0.4 is 10.6 Å². The van der Waals surface area contributed by atoms with Crippen LogP contribution in [-0.4, -0.2) is 9.97 Å². The quantitative estimate of drug-likeness (QED) is 0.637. The standard InChI is InChI=1S/C19H17F3N4/c1-12-7-3-5-9-15(12)25-17-11-18(24-13(2)23-17)26-16-10-6-4-8-14(16)19(20,21)22/h3-11H,1-2H3,(H2,23,24,25,26). The summed E-state index contributed by atoms with van der Waals surface area (Å²) in [6.45, 7) is 3.64. The first-order valence-electron chi connectivity index (χ1n) is 7.94. The molecule has 0 bridgehead atoms. The van der Waals surface area contributed by atoms with Gasteiger partial charge in [-0.2, -0.15) is 13.2 Å². The Hall–Kier alpha value is -3.09. The second-order valence-electron chi connectivity index (χ2n) is 5.79. The molecule has 0 saturated heterocycles. The molecule has 3 rings (SSSR count). The minimum absolute atomic E-state index is 0.0556. The van der Waals surface area contributed by atoms with Gasteiger partial charge in [0.25, 0.3) is 0 Å². The molecule has 0 aliphatic rings. The van der Waals surface area contributed by atoms with Crippen molar-refractivity contribution in [3.8, 4) is 0 Å². The van der Waals surface area contributed by atoms with Crippen LogP contribution in [-0.2, 0) is 6.18 Å². The van der Waals surface area contributed by atoms with Crippen LogP contribution in [0.4, 0.5) is 36.2 Å². The van der Waals surface area contributed by atoms with Crippen LogP contribution >= 0.6 is 0 Å². The Morgan fingerprint density at radius 3 is 1.92 bits per heavy atom. The lowest BCUT2D eigenvalue weighted by Gasteiger charge is -2.15. The lowest BCUT2D eigenvalue weighted by atomic mass is 10.1. The first-order valence-corrected chi connectivity index (χ1v) is 7.94. The third-order valence-corrected chi connectivity index (χ3v) is 3.74. The Morgan fingerprint density at radius 1 is 0.769 bits per heavy atom. The molecule has 2 aromatic carbocycles. The summed E-state index contributed by atoms with van der Waals surface area (Å²) in [6.07, 6.45) is -4.45. The van der Waals surface area contributed by atoms with Gasteiger partial charge in [-0.05, 0) is 37.6 Å². The van der Waals surface area contributed by atoms with E-state index >= 15 is 0 Å². The molecule has 7 heteroatoms. The number of nitrogens with zero attached hydrogens (tertiary/aromatic N) is 2. The molecule has 0 radical (unpaired) electrons. The first-order chi connectivity index (χ1) is 12.3. The summed E-state index contributed by atoms with van der Waals surface area (Å²) in [4.78, 5) is 8.49. The van der Waals surface area contributed by atoms with E-state index in [9.17, 15) is 13.2 Å². The van der Waals surface area contributed by atoms with Gasteiger partial charge in [0.05, 0.1) is 11.3 Å². The number of aryl methyl sites for hydroxylation is 2. The van der Waals surface area contributed by atoms with E-state index in [4.69, 9.17) is 0 Å². The molecular weight excluding hydrogens is 341 g/mol. The van der Waals surface area contributed by atoms with Gasteiger partial charge in [-0.25, -0.2) is 9.97 Å². The van der Waals surface area contributed by atoms with Gasteiger partial charge in [0.15, 0.2) is 0 Å². The normalized spacial score (nSPS) is 11.3. The Labute approximate surface area is 149 Å². The topological polar surface area (TPSA) is 49.8 Å². The van der Waals surface area contributed by atoms with Crippen molar-refractivity contribution in [2.75, 3.05) is 10.6 Å². The first kappa shape index (κ1) is 17.7. The predicted octanol–water partition coefficient (Wildman–Crippen LogP) is 5.60. The molecule has 0 aliphatic heterocycles. The molecule has 134 valence electrons. The lowest BCUT2D eigenvalue weighted by molar-refractivity contribution is -0.136. The number of aromatic nitrogens is 2. The Morgan fingerprint density at radius 2 is 1.31 bits per heavy atom. The van der Waals surface area contributed by atoms with Crippen LogP contribution in [0, 0.1) is 13.8 Å². The number of hydrogen-bond donors (Lipinski definition) is 2. The van der Waals surface area contributed by atoms with Crippen LogP contribution in [0.25, 0.3) is 0 Å². The van der Waals surface area contributed by atoms with Gasteiger partial charge in [0, 0.05) is 11.8 Å². The van der Waals surface area contributed by atoms with Gasteiger partial charge in [0.2, 0.25) is 0 Å². The second-order valence-corrected chi connectivity index (χ2v) is 5.79. The van der Waals surface area contributed by atoms with E-state index in [1.54, 1.807) is 13.0 Å². The molecule has 1 aromatic heterocycles. The average Bonchev–Trinajstić information content (AvgIpc) is 2.56. The SMILES string of the molecule is Cc1nc(Nc2ccccc2C)cc(Nc2ccccc2C(F)(F)F)n1.